The van der Waals surface area contributed by atoms with Crippen LogP contribution in [0.5, 0.6) is 0 Å². The molecule has 1 aromatic heterocycles. The highest BCUT2D eigenvalue weighted by atomic mass is 19.4. The first-order chi connectivity index (χ1) is 21.2. The molecule has 0 N–H and O–H groups in total. The highest BCUT2D eigenvalue weighted by Crippen LogP contribution is 2.28. The van der Waals surface area contributed by atoms with Gasteiger partial charge in [0.2, 0.25) is 11.8 Å². The second-order valence-electron chi connectivity index (χ2n) is 10.5. The Labute approximate surface area is 255 Å². The number of amides is 2. The van der Waals surface area contributed by atoms with Gasteiger partial charge in [-0.1, -0.05) is 42.5 Å². The molecule has 4 rings (SSSR count). The number of halogens is 3. The first kappa shape index (κ1) is 32.7. The van der Waals surface area contributed by atoms with Gasteiger partial charge in [0.25, 0.3) is 0 Å². The van der Waals surface area contributed by atoms with Gasteiger partial charge in [0.05, 0.1) is 31.1 Å². The molecule has 1 saturated heterocycles. The molecule has 234 valence electrons. The molecule has 0 radical (unpaired) electrons. The molecule has 0 aliphatic carbocycles. The fraction of sp³-hybridized carbons (Fsp3) is 0.364. The molecule has 11 heteroatoms. The van der Waals surface area contributed by atoms with Gasteiger partial charge in [-0.3, -0.25) is 14.6 Å². The van der Waals surface area contributed by atoms with E-state index >= 15 is 0 Å². The monoisotopic (exact) mass is 610 g/mol. The van der Waals surface area contributed by atoms with Crippen LogP contribution in [0.25, 0.3) is 6.08 Å². The van der Waals surface area contributed by atoms with Crippen molar-refractivity contribution in [3.8, 4) is 0 Å². The second kappa shape index (κ2) is 15.5. The van der Waals surface area contributed by atoms with E-state index in [1.807, 2.05) is 54.6 Å². The van der Waals surface area contributed by atoms with Gasteiger partial charge in [-0.25, -0.2) is 0 Å². The number of rotatable bonds is 12. The average molecular weight is 611 g/mol. The normalized spacial score (nSPS) is 14.4. The lowest BCUT2D eigenvalue weighted by molar-refractivity contribution is -0.143. The predicted octanol–water partition coefficient (Wildman–Crippen LogP) is 4.70. The number of pyridine rings is 1. The largest absolute Gasteiger partial charge is 0.417 e. The molecular weight excluding hydrogens is 573 g/mol. The van der Waals surface area contributed by atoms with Gasteiger partial charge in [0, 0.05) is 64.7 Å². The summed E-state index contributed by atoms with van der Waals surface area (Å²) < 4.78 is 49.6. The smallest absolute Gasteiger partial charge is 0.383 e. The lowest BCUT2D eigenvalue weighted by Crippen LogP contribution is -2.51. The molecule has 0 unspecified atom stereocenters. The minimum absolute atomic E-state index is 0.133. The molecule has 0 spiro atoms. The van der Waals surface area contributed by atoms with Gasteiger partial charge in [-0.15, -0.1) is 0 Å². The van der Waals surface area contributed by atoms with Crippen molar-refractivity contribution in [2.24, 2.45) is 0 Å². The number of alkyl halides is 3. The summed E-state index contributed by atoms with van der Waals surface area (Å²) in [6, 6.07) is 18.5. The van der Waals surface area contributed by atoms with Crippen LogP contribution in [-0.4, -0.2) is 86.3 Å². The van der Waals surface area contributed by atoms with Crippen LogP contribution < -0.4 is 4.90 Å². The zero-order chi connectivity index (χ0) is 31.5. The SMILES string of the molecule is COCCN(C)C(=O)[C@H](Cc1ccccc1)N(Cc1ccc(N2CCOCC2)cc1)C(=O)C=Cc1ccc(C(F)(F)F)cn1. The number of hydrogen-bond donors (Lipinski definition) is 0. The molecule has 2 aromatic carbocycles. The van der Waals surface area contributed by atoms with Crippen LogP contribution >= 0.6 is 0 Å². The summed E-state index contributed by atoms with van der Waals surface area (Å²) >= 11 is 0. The Bertz CT molecular complexity index is 1380. The first-order valence-electron chi connectivity index (χ1n) is 14.4. The highest BCUT2D eigenvalue weighted by molar-refractivity contribution is 5.95. The summed E-state index contributed by atoms with van der Waals surface area (Å²) in [4.78, 5) is 36.8. The summed E-state index contributed by atoms with van der Waals surface area (Å²) in [6.45, 7) is 3.68. The zero-order valence-electron chi connectivity index (χ0n) is 24.9. The number of carbonyl (C=O) groups is 2. The number of benzene rings is 2. The molecule has 8 nitrogen and oxygen atoms in total. The number of ether oxygens (including phenoxy) is 2. The van der Waals surface area contributed by atoms with E-state index in [4.69, 9.17) is 9.47 Å². The average Bonchev–Trinajstić information content (AvgIpc) is 3.04. The van der Waals surface area contributed by atoms with E-state index in [1.54, 1.807) is 19.1 Å². The molecule has 2 amide bonds. The number of morpholine rings is 1. The molecule has 0 bridgehead atoms. The van der Waals surface area contributed by atoms with Crippen LogP contribution in [0.15, 0.2) is 79.0 Å². The molecule has 1 fully saturated rings. The topological polar surface area (TPSA) is 75.2 Å². The van der Waals surface area contributed by atoms with E-state index in [-0.39, 0.29) is 24.6 Å². The van der Waals surface area contributed by atoms with Crippen molar-refractivity contribution in [3.63, 3.8) is 0 Å². The van der Waals surface area contributed by atoms with Gasteiger partial charge >= 0.3 is 6.18 Å². The third-order valence-corrected chi connectivity index (χ3v) is 7.40. The van der Waals surface area contributed by atoms with Crippen molar-refractivity contribution < 1.29 is 32.2 Å². The second-order valence-corrected chi connectivity index (χ2v) is 10.5. The maximum atomic E-state index is 13.9. The lowest BCUT2D eigenvalue weighted by atomic mass is 10.0. The fourth-order valence-corrected chi connectivity index (χ4v) is 4.86. The van der Waals surface area contributed by atoms with Crippen molar-refractivity contribution in [2.45, 2.75) is 25.2 Å². The minimum atomic E-state index is -4.51. The van der Waals surface area contributed by atoms with Gasteiger partial charge in [-0.05, 0) is 41.5 Å². The third kappa shape index (κ3) is 9.14. The van der Waals surface area contributed by atoms with E-state index < -0.39 is 23.7 Å². The van der Waals surface area contributed by atoms with Crippen LogP contribution in [0.3, 0.4) is 0 Å². The number of nitrogens with zero attached hydrogens (tertiary/aromatic N) is 4. The van der Waals surface area contributed by atoms with Gasteiger partial charge in [0.15, 0.2) is 0 Å². The van der Waals surface area contributed by atoms with Crippen LogP contribution in [0.2, 0.25) is 0 Å². The van der Waals surface area contributed by atoms with Crippen LogP contribution in [-0.2, 0) is 38.2 Å². The van der Waals surface area contributed by atoms with Crippen molar-refractivity contribution in [1.82, 2.24) is 14.8 Å². The molecule has 1 aliphatic heterocycles. The Kier molecular flexibility index (Phi) is 11.5. The van der Waals surface area contributed by atoms with E-state index in [2.05, 4.69) is 9.88 Å². The number of methoxy groups -OCH3 is 1. The Morgan fingerprint density at radius 2 is 1.73 bits per heavy atom. The third-order valence-electron chi connectivity index (χ3n) is 7.40. The van der Waals surface area contributed by atoms with Crippen molar-refractivity contribution in [1.29, 1.82) is 0 Å². The maximum absolute atomic E-state index is 13.9. The summed E-state index contributed by atoms with van der Waals surface area (Å²) in [6.07, 6.45) is -0.918. The summed E-state index contributed by atoms with van der Waals surface area (Å²) in [5.74, 6) is -0.733. The molecule has 2 heterocycles. The summed E-state index contributed by atoms with van der Waals surface area (Å²) in [5, 5.41) is 0. The number of carbonyl (C=O) groups excluding carboxylic acids is 2. The van der Waals surface area contributed by atoms with Crippen molar-refractivity contribution in [3.05, 3.63) is 101 Å². The van der Waals surface area contributed by atoms with Gasteiger partial charge < -0.3 is 24.2 Å². The van der Waals surface area contributed by atoms with Gasteiger partial charge in [-0.2, -0.15) is 13.2 Å². The Morgan fingerprint density at radius 3 is 2.34 bits per heavy atom. The molecular formula is C33H37F3N4O4. The number of aromatic nitrogens is 1. The van der Waals surface area contributed by atoms with Crippen molar-refractivity contribution in [2.75, 3.05) is 58.5 Å². The van der Waals surface area contributed by atoms with Crippen LogP contribution in [0.1, 0.15) is 22.4 Å². The maximum Gasteiger partial charge on any atom is 0.417 e. The quantitative estimate of drug-likeness (QED) is 0.277. The Morgan fingerprint density at radius 1 is 1.02 bits per heavy atom. The standard InChI is InChI=1S/C33H37F3N4O4/c1-38(16-19-43-2)32(42)30(22-25-6-4-3-5-7-25)40(24-26-8-13-29(14-9-26)39-17-20-44-21-18-39)31(41)15-12-28-11-10-27(23-37-28)33(34,35)36/h3-15,23,30H,16-22,24H2,1-2H3/t30-/m0/s1. The number of hydrogen-bond acceptors (Lipinski definition) is 6. The Hall–Kier alpha value is -4.22. The molecule has 3 aromatic rings. The lowest BCUT2D eigenvalue weighted by Gasteiger charge is -2.33. The van der Waals surface area contributed by atoms with Crippen molar-refractivity contribution >= 4 is 23.6 Å². The molecule has 1 atom stereocenters. The number of likely N-dealkylation sites (N-methyl/N-ethyl adjacent to an activating group) is 1. The highest BCUT2D eigenvalue weighted by Gasteiger charge is 2.32. The predicted molar refractivity (Wildman–Crippen MR) is 162 cm³/mol. The van der Waals surface area contributed by atoms with Gasteiger partial charge in [0.1, 0.15) is 6.04 Å². The minimum Gasteiger partial charge on any atom is -0.383 e. The van der Waals surface area contributed by atoms with Crippen LogP contribution in [0, 0.1) is 0 Å². The first-order valence-corrected chi connectivity index (χ1v) is 14.4. The van der Waals surface area contributed by atoms with Crippen LogP contribution in [0.4, 0.5) is 18.9 Å². The Balaban J connectivity index is 1.65. The van der Waals surface area contributed by atoms with E-state index in [0.29, 0.717) is 26.4 Å². The zero-order valence-corrected chi connectivity index (χ0v) is 24.9. The summed E-state index contributed by atoms with van der Waals surface area (Å²) in [7, 11) is 3.22. The van der Waals surface area contributed by atoms with E-state index in [9.17, 15) is 22.8 Å². The van der Waals surface area contributed by atoms with E-state index in [0.717, 1.165) is 42.2 Å². The molecule has 44 heavy (non-hydrogen) atoms. The fourth-order valence-electron chi connectivity index (χ4n) is 4.86. The summed E-state index contributed by atoms with van der Waals surface area (Å²) in [5.41, 5.74) is 2.04. The molecule has 1 aliphatic rings. The van der Waals surface area contributed by atoms with E-state index in [1.165, 1.54) is 23.1 Å². The molecule has 0 saturated carbocycles. The number of anilines is 1.